The van der Waals surface area contributed by atoms with Crippen LogP contribution in [0.4, 0.5) is 5.69 Å². The Labute approximate surface area is 208 Å². The molecule has 3 heterocycles. The Bertz CT molecular complexity index is 1580. The molecular formula is C29H27N5O2. The molecule has 2 aromatic carbocycles. The fourth-order valence-electron chi connectivity index (χ4n) is 5.17. The molecule has 0 bridgehead atoms. The maximum Gasteiger partial charge on any atom is 0.250 e. The Morgan fingerprint density at radius 3 is 2.67 bits per heavy atom. The van der Waals surface area contributed by atoms with Crippen molar-refractivity contribution in [2.75, 3.05) is 5.32 Å². The van der Waals surface area contributed by atoms with E-state index in [0.29, 0.717) is 11.3 Å². The number of para-hydroxylation sites is 1. The smallest absolute Gasteiger partial charge is 0.250 e. The monoisotopic (exact) mass is 477 g/mol. The topological polar surface area (TPSA) is 106 Å². The van der Waals surface area contributed by atoms with E-state index in [1.165, 1.54) is 0 Å². The molecule has 7 nitrogen and oxygen atoms in total. The zero-order valence-electron chi connectivity index (χ0n) is 19.8. The van der Waals surface area contributed by atoms with Crippen LogP contribution in [0.3, 0.4) is 0 Å². The van der Waals surface area contributed by atoms with Crippen LogP contribution in [0.5, 0.6) is 0 Å². The third kappa shape index (κ3) is 4.07. The minimum absolute atomic E-state index is 0.188. The molecule has 0 atom stereocenters. The van der Waals surface area contributed by atoms with Gasteiger partial charge in [-0.15, -0.1) is 0 Å². The lowest BCUT2D eigenvalue weighted by Crippen LogP contribution is -2.29. The van der Waals surface area contributed by atoms with Crippen LogP contribution in [-0.4, -0.2) is 37.7 Å². The van der Waals surface area contributed by atoms with Gasteiger partial charge in [-0.25, -0.2) is 4.98 Å². The van der Waals surface area contributed by atoms with Crippen molar-refractivity contribution in [2.24, 2.45) is 5.73 Å². The highest BCUT2D eigenvalue weighted by atomic mass is 16.3. The number of primary amides is 1. The van der Waals surface area contributed by atoms with Crippen LogP contribution in [0.2, 0.25) is 0 Å². The second-order valence-electron chi connectivity index (χ2n) is 9.44. The SMILES string of the molecule is NC(=O)c1ccc(-n2ccc3c(-c4cnc5ccccc5c4)ccnc32)cc1N[C@H]1CC[C@H](O)CC1. The molecule has 0 spiro atoms. The van der Waals surface area contributed by atoms with E-state index in [9.17, 15) is 9.90 Å². The molecule has 0 radical (unpaired) electrons. The van der Waals surface area contributed by atoms with Crippen molar-refractivity contribution in [3.63, 3.8) is 0 Å². The van der Waals surface area contributed by atoms with E-state index in [2.05, 4.69) is 33.5 Å². The zero-order valence-corrected chi connectivity index (χ0v) is 19.8. The molecule has 36 heavy (non-hydrogen) atoms. The normalized spacial score (nSPS) is 17.9. The summed E-state index contributed by atoms with van der Waals surface area (Å²) in [4.78, 5) is 21.4. The fraction of sp³-hybridized carbons (Fsp3) is 0.207. The van der Waals surface area contributed by atoms with E-state index in [-0.39, 0.29) is 12.1 Å². The summed E-state index contributed by atoms with van der Waals surface area (Å²) in [7, 11) is 0. The van der Waals surface area contributed by atoms with Crippen molar-refractivity contribution in [2.45, 2.75) is 37.8 Å². The summed E-state index contributed by atoms with van der Waals surface area (Å²) in [6.07, 6.45) is 8.67. The maximum atomic E-state index is 12.1. The standard InChI is InChI=1S/C29H27N5O2/c30-28(36)25-10-7-21(16-27(25)33-20-5-8-22(35)9-6-20)34-14-12-24-23(11-13-31-29(24)34)19-15-18-3-1-2-4-26(18)32-17-19/h1-4,7,10-17,20,22,33,35H,5-6,8-9H2,(H2,30,36)/t20-,22-. The van der Waals surface area contributed by atoms with E-state index < -0.39 is 5.91 Å². The average Bonchev–Trinajstić information content (AvgIpc) is 3.34. The number of aromatic nitrogens is 3. The summed E-state index contributed by atoms with van der Waals surface area (Å²) in [6, 6.07) is 20.1. The second-order valence-corrected chi connectivity index (χ2v) is 9.44. The first-order chi connectivity index (χ1) is 17.6. The Balaban J connectivity index is 1.40. The zero-order chi connectivity index (χ0) is 24.6. The molecule has 0 aliphatic heterocycles. The van der Waals surface area contributed by atoms with Crippen molar-refractivity contribution < 1.29 is 9.90 Å². The van der Waals surface area contributed by atoms with E-state index in [1.54, 1.807) is 6.07 Å². The van der Waals surface area contributed by atoms with E-state index in [0.717, 1.165) is 64.4 Å². The quantitative estimate of drug-likeness (QED) is 0.328. The number of fused-ring (bicyclic) bond motifs is 2. The van der Waals surface area contributed by atoms with Gasteiger partial charge in [0.1, 0.15) is 5.65 Å². The minimum Gasteiger partial charge on any atom is -0.393 e. The van der Waals surface area contributed by atoms with E-state index >= 15 is 0 Å². The van der Waals surface area contributed by atoms with Gasteiger partial charge in [0.15, 0.2) is 0 Å². The van der Waals surface area contributed by atoms with Gasteiger partial charge in [0.05, 0.1) is 17.2 Å². The maximum absolute atomic E-state index is 12.1. The number of carbonyl (C=O) groups excluding carboxylic acids is 1. The van der Waals surface area contributed by atoms with Gasteiger partial charge in [-0.1, -0.05) is 18.2 Å². The van der Waals surface area contributed by atoms with Crippen molar-refractivity contribution in [3.05, 3.63) is 84.8 Å². The molecule has 6 rings (SSSR count). The number of hydrogen-bond donors (Lipinski definition) is 3. The summed E-state index contributed by atoms with van der Waals surface area (Å²) in [5, 5.41) is 15.5. The first-order valence-corrected chi connectivity index (χ1v) is 12.3. The minimum atomic E-state index is -0.471. The molecule has 1 aliphatic rings. The molecule has 1 fully saturated rings. The van der Waals surface area contributed by atoms with Gasteiger partial charge < -0.3 is 20.7 Å². The lowest BCUT2D eigenvalue weighted by molar-refractivity contribution is 0.100. The number of aliphatic hydroxyl groups excluding tert-OH is 1. The molecule has 5 aromatic rings. The summed E-state index contributed by atoms with van der Waals surface area (Å²) < 4.78 is 2.02. The van der Waals surface area contributed by atoms with Gasteiger partial charge in [0, 0.05) is 52.3 Å². The lowest BCUT2D eigenvalue weighted by atomic mass is 9.92. The summed E-state index contributed by atoms with van der Waals surface area (Å²) >= 11 is 0. The molecule has 1 saturated carbocycles. The first kappa shape index (κ1) is 22.2. The highest BCUT2D eigenvalue weighted by Crippen LogP contribution is 2.32. The third-order valence-corrected chi connectivity index (χ3v) is 7.09. The summed E-state index contributed by atoms with van der Waals surface area (Å²) in [5.74, 6) is -0.471. The number of amides is 1. The molecule has 3 aromatic heterocycles. The summed E-state index contributed by atoms with van der Waals surface area (Å²) in [5.41, 5.74) is 11.6. The second kappa shape index (κ2) is 9.09. The van der Waals surface area contributed by atoms with Crippen molar-refractivity contribution in [3.8, 4) is 16.8 Å². The van der Waals surface area contributed by atoms with Crippen LogP contribution in [0.25, 0.3) is 38.8 Å². The molecule has 4 N–H and O–H groups in total. The number of nitrogens with zero attached hydrogens (tertiary/aromatic N) is 3. The van der Waals surface area contributed by atoms with E-state index in [4.69, 9.17) is 5.73 Å². The van der Waals surface area contributed by atoms with Crippen LogP contribution >= 0.6 is 0 Å². The number of pyridine rings is 2. The first-order valence-electron chi connectivity index (χ1n) is 12.3. The Morgan fingerprint density at radius 2 is 1.83 bits per heavy atom. The summed E-state index contributed by atoms with van der Waals surface area (Å²) in [6.45, 7) is 0. The fourth-order valence-corrected chi connectivity index (χ4v) is 5.17. The molecular weight excluding hydrogens is 450 g/mol. The van der Waals surface area contributed by atoms with Crippen molar-refractivity contribution in [1.29, 1.82) is 0 Å². The van der Waals surface area contributed by atoms with Crippen molar-refractivity contribution in [1.82, 2.24) is 14.5 Å². The van der Waals surface area contributed by atoms with Gasteiger partial charge >= 0.3 is 0 Å². The number of carbonyl (C=O) groups is 1. The van der Waals surface area contributed by atoms with E-state index in [1.807, 2.05) is 59.6 Å². The third-order valence-electron chi connectivity index (χ3n) is 7.09. The predicted molar refractivity (Wildman–Crippen MR) is 142 cm³/mol. The van der Waals surface area contributed by atoms with Gasteiger partial charge in [-0.05, 0) is 73.7 Å². The molecule has 180 valence electrons. The van der Waals surface area contributed by atoms with Crippen LogP contribution in [0.15, 0.2) is 79.3 Å². The molecule has 0 saturated heterocycles. The molecule has 0 unspecified atom stereocenters. The van der Waals surface area contributed by atoms with Gasteiger partial charge in [-0.2, -0.15) is 0 Å². The molecule has 1 amide bonds. The number of anilines is 1. The number of hydrogen-bond acceptors (Lipinski definition) is 5. The van der Waals surface area contributed by atoms with Gasteiger partial charge in [-0.3, -0.25) is 9.78 Å². The van der Waals surface area contributed by atoms with Crippen molar-refractivity contribution >= 4 is 33.5 Å². The Morgan fingerprint density at radius 1 is 1.00 bits per heavy atom. The van der Waals surface area contributed by atoms with Crippen LogP contribution < -0.4 is 11.1 Å². The Kier molecular flexibility index (Phi) is 5.62. The van der Waals surface area contributed by atoms with Crippen LogP contribution in [-0.2, 0) is 0 Å². The number of benzene rings is 2. The number of aliphatic hydroxyl groups is 1. The molecule has 7 heteroatoms. The number of rotatable bonds is 5. The Hall–Kier alpha value is -4.23. The van der Waals surface area contributed by atoms with Crippen LogP contribution in [0.1, 0.15) is 36.0 Å². The highest BCUT2D eigenvalue weighted by Gasteiger charge is 2.21. The molecule has 1 aliphatic carbocycles. The predicted octanol–water partition coefficient (Wildman–Crippen LogP) is 5.06. The highest BCUT2D eigenvalue weighted by molar-refractivity contribution is 5.99. The largest absolute Gasteiger partial charge is 0.393 e. The number of nitrogens with two attached hydrogens (primary N) is 1. The average molecular weight is 478 g/mol. The number of nitrogens with one attached hydrogen (secondary N) is 1. The van der Waals surface area contributed by atoms with Gasteiger partial charge in [0.25, 0.3) is 5.91 Å². The lowest BCUT2D eigenvalue weighted by Gasteiger charge is -2.28. The van der Waals surface area contributed by atoms with Gasteiger partial charge in [0.2, 0.25) is 0 Å². The van der Waals surface area contributed by atoms with Crippen LogP contribution in [0, 0.1) is 0 Å².